The van der Waals surface area contributed by atoms with Gasteiger partial charge in [0.25, 0.3) is 11.6 Å². The summed E-state index contributed by atoms with van der Waals surface area (Å²) < 4.78 is 7.14. The highest BCUT2D eigenvalue weighted by Gasteiger charge is 2.17. The summed E-state index contributed by atoms with van der Waals surface area (Å²) in [6.07, 6.45) is 2.92. The number of nitrogens with zero attached hydrogens (tertiary/aromatic N) is 4. The van der Waals surface area contributed by atoms with E-state index in [9.17, 15) is 19.7 Å². The molecule has 1 aromatic carbocycles. The third-order valence-electron chi connectivity index (χ3n) is 3.36. The molecule has 0 saturated carbocycles. The number of amides is 1. The third-order valence-corrected chi connectivity index (χ3v) is 4.61. The number of fused-ring (bicyclic) bond motifs is 1. The van der Waals surface area contributed by atoms with Crippen LogP contribution < -0.4 is 5.32 Å². The van der Waals surface area contributed by atoms with E-state index in [0.29, 0.717) is 14.6 Å². The Labute approximate surface area is 167 Å². The monoisotopic (exact) mass is 497 g/mol. The first-order chi connectivity index (χ1) is 12.8. The maximum atomic E-state index is 12.1. The normalized spacial score (nSPS) is 10.6. The van der Waals surface area contributed by atoms with Crippen LogP contribution in [-0.2, 0) is 9.53 Å². The van der Waals surface area contributed by atoms with Crippen molar-refractivity contribution < 1.29 is 19.2 Å². The van der Waals surface area contributed by atoms with Crippen LogP contribution in [0.4, 0.5) is 11.4 Å². The maximum absolute atomic E-state index is 12.1. The standard InChI is InChI=1S/C15H9Br2N5O5/c16-10-3-9(22(25)26)4-11(17)14(10)19-13(23)6-27-15(24)8-1-2-12-20-18-7-21(12)5-8/h1-5,7H,6H2,(H,19,23). The molecule has 0 aliphatic heterocycles. The molecule has 2 aromatic heterocycles. The highest BCUT2D eigenvalue weighted by atomic mass is 79.9. The van der Waals surface area contributed by atoms with E-state index >= 15 is 0 Å². The number of carbonyl (C=O) groups is 2. The van der Waals surface area contributed by atoms with Crippen LogP contribution >= 0.6 is 31.9 Å². The minimum atomic E-state index is -0.692. The topological polar surface area (TPSA) is 129 Å². The van der Waals surface area contributed by atoms with Crippen LogP contribution in [0, 0.1) is 10.1 Å². The Kier molecular flexibility index (Phi) is 5.46. The molecule has 3 aromatic rings. The van der Waals surface area contributed by atoms with Crippen molar-refractivity contribution in [2.75, 3.05) is 11.9 Å². The molecule has 0 aliphatic carbocycles. The summed E-state index contributed by atoms with van der Waals surface area (Å²) in [7, 11) is 0. The largest absolute Gasteiger partial charge is 0.452 e. The number of hydrogen-bond donors (Lipinski definition) is 1. The number of nitro groups is 1. The number of ether oxygens (including phenoxy) is 1. The second kappa shape index (κ2) is 7.80. The number of benzene rings is 1. The molecule has 0 bridgehead atoms. The number of hydrogen-bond acceptors (Lipinski definition) is 7. The highest BCUT2D eigenvalue weighted by Crippen LogP contribution is 2.35. The van der Waals surface area contributed by atoms with Gasteiger partial charge in [0.05, 0.1) is 16.2 Å². The average molecular weight is 499 g/mol. The Bertz CT molecular complexity index is 1040. The van der Waals surface area contributed by atoms with Gasteiger partial charge in [-0.15, -0.1) is 10.2 Å². The van der Waals surface area contributed by atoms with Crippen molar-refractivity contribution in [1.29, 1.82) is 0 Å². The van der Waals surface area contributed by atoms with Crippen LogP contribution in [0.25, 0.3) is 5.65 Å². The summed E-state index contributed by atoms with van der Waals surface area (Å²) in [5.74, 6) is -1.30. The first kappa shape index (κ1) is 18.9. The number of anilines is 1. The molecular weight excluding hydrogens is 490 g/mol. The van der Waals surface area contributed by atoms with Crippen LogP contribution in [0.1, 0.15) is 10.4 Å². The molecule has 1 amide bonds. The van der Waals surface area contributed by atoms with Crippen LogP contribution in [0.15, 0.2) is 45.7 Å². The van der Waals surface area contributed by atoms with E-state index in [0.717, 1.165) is 0 Å². The number of rotatable bonds is 5. The van der Waals surface area contributed by atoms with Crippen LogP contribution in [-0.4, -0.2) is 38.0 Å². The number of aromatic nitrogens is 3. The summed E-state index contributed by atoms with van der Waals surface area (Å²) in [5, 5.41) is 20.9. The van der Waals surface area contributed by atoms with Gasteiger partial charge in [-0.05, 0) is 44.0 Å². The van der Waals surface area contributed by atoms with Gasteiger partial charge in [-0.3, -0.25) is 19.3 Å². The van der Waals surface area contributed by atoms with Gasteiger partial charge in [-0.25, -0.2) is 4.79 Å². The Balaban J connectivity index is 1.64. The van der Waals surface area contributed by atoms with Crippen molar-refractivity contribution in [2.24, 2.45) is 0 Å². The Hall–Kier alpha value is -2.86. The quantitative estimate of drug-likeness (QED) is 0.325. The SMILES string of the molecule is O=C(COC(=O)c1ccc2nncn2c1)Nc1c(Br)cc([N+](=O)[O-])cc1Br. The van der Waals surface area contributed by atoms with Crippen molar-refractivity contribution in [3.63, 3.8) is 0 Å². The molecule has 0 fully saturated rings. The summed E-state index contributed by atoms with van der Waals surface area (Å²) in [6.45, 7) is -0.533. The van der Waals surface area contributed by atoms with E-state index in [4.69, 9.17) is 4.74 Å². The molecule has 0 unspecified atom stereocenters. The van der Waals surface area contributed by atoms with Crippen molar-refractivity contribution in [3.8, 4) is 0 Å². The minimum Gasteiger partial charge on any atom is -0.452 e. The summed E-state index contributed by atoms with van der Waals surface area (Å²) >= 11 is 6.32. The van der Waals surface area contributed by atoms with Crippen LogP contribution in [0.5, 0.6) is 0 Å². The molecule has 12 heteroatoms. The number of esters is 1. The lowest BCUT2D eigenvalue weighted by molar-refractivity contribution is -0.385. The molecule has 1 N–H and O–H groups in total. The fourth-order valence-electron chi connectivity index (χ4n) is 2.12. The Morgan fingerprint density at radius 3 is 2.63 bits per heavy atom. The van der Waals surface area contributed by atoms with E-state index < -0.39 is 23.4 Å². The molecule has 138 valence electrons. The number of pyridine rings is 1. The molecule has 0 radical (unpaired) electrons. The molecule has 0 aliphatic rings. The molecule has 3 rings (SSSR count). The fourth-order valence-corrected chi connectivity index (χ4v) is 3.48. The van der Waals surface area contributed by atoms with E-state index in [-0.39, 0.29) is 16.9 Å². The Morgan fingerprint density at radius 1 is 1.26 bits per heavy atom. The number of carbonyl (C=O) groups excluding carboxylic acids is 2. The zero-order valence-corrected chi connectivity index (χ0v) is 16.4. The minimum absolute atomic E-state index is 0.150. The van der Waals surface area contributed by atoms with E-state index in [1.165, 1.54) is 30.7 Å². The lowest BCUT2D eigenvalue weighted by Gasteiger charge is -2.10. The molecular formula is C15H9Br2N5O5. The van der Waals surface area contributed by atoms with E-state index in [1.807, 2.05) is 0 Å². The van der Waals surface area contributed by atoms with Gasteiger partial charge in [0, 0.05) is 27.3 Å². The smallest absolute Gasteiger partial charge is 0.340 e. The van der Waals surface area contributed by atoms with Gasteiger partial charge in [0.15, 0.2) is 12.3 Å². The molecule has 10 nitrogen and oxygen atoms in total. The lowest BCUT2D eigenvalue weighted by atomic mass is 10.3. The second-order valence-electron chi connectivity index (χ2n) is 5.18. The van der Waals surface area contributed by atoms with Gasteiger partial charge in [0.2, 0.25) is 0 Å². The van der Waals surface area contributed by atoms with Crippen molar-refractivity contribution in [1.82, 2.24) is 14.6 Å². The third kappa shape index (κ3) is 4.28. The predicted octanol–water partition coefficient (Wildman–Crippen LogP) is 2.96. The highest BCUT2D eigenvalue weighted by molar-refractivity contribution is 9.11. The van der Waals surface area contributed by atoms with Crippen LogP contribution in [0.2, 0.25) is 0 Å². The first-order valence-corrected chi connectivity index (χ1v) is 8.83. The summed E-state index contributed by atoms with van der Waals surface area (Å²) in [4.78, 5) is 34.4. The van der Waals surface area contributed by atoms with Crippen molar-refractivity contribution >= 4 is 60.8 Å². The average Bonchev–Trinajstić information content (AvgIpc) is 3.10. The molecule has 27 heavy (non-hydrogen) atoms. The number of non-ortho nitro benzene ring substituents is 1. The van der Waals surface area contributed by atoms with Gasteiger partial charge in [-0.1, -0.05) is 0 Å². The lowest BCUT2D eigenvalue weighted by Crippen LogP contribution is -2.21. The van der Waals surface area contributed by atoms with Gasteiger partial charge >= 0.3 is 5.97 Å². The van der Waals surface area contributed by atoms with Gasteiger partial charge < -0.3 is 10.1 Å². The number of nitro benzene ring substituents is 1. The Morgan fingerprint density at radius 2 is 1.96 bits per heavy atom. The van der Waals surface area contributed by atoms with Crippen molar-refractivity contribution in [3.05, 3.63) is 61.4 Å². The van der Waals surface area contributed by atoms with Crippen molar-refractivity contribution in [2.45, 2.75) is 0 Å². The molecule has 0 saturated heterocycles. The van der Waals surface area contributed by atoms with Crippen LogP contribution in [0.3, 0.4) is 0 Å². The van der Waals surface area contributed by atoms with Gasteiger partial charge in [-0.2, -0.15) is 0 Å². The number of halogens is 2. The first-order valence-electron chi connectivity index (χ1n) is 7.25. The zero-order chi connectivity index (χ0) is 19.6. The van der Waals surface area contributed by atoms with Gasteiger partial charge in [0.1, 0.15) is 6.33 Å². The molecule has 0 spiro atoms. The fraction of sp³-hybridized carbons (Fsp3) is 0.0667. The van der Waals surface area contributed by atoms with E-state index in [1.54, 1.807) is 10.5 Å². The predicted molar refractivity (Wildman–Crippen MR) is 100 cm³/mol. The molecule has 0 atom stereocenters. The van der Waals surface area contributed by atoms with E-state index in [2.05, 4.69) is 47.4 Å². The maximum Gasteiger partial charge on any atom is 0.340 e. The summed E-state index contributed by atoms with van der Waals surface area (Å²) in [5.41, 5.74) is 0.931. The second-order valence-corrected chi connectivity index (χ2v) is 6.89. The summed E-state index contributed by atoms with van der Waals surface area (Å²) in [6, 6.07) is 5.60. The number of nitrogens with one attached hydrogen (secondary N) is 1. The molecule has 2 heterocycles. The zero-order valence-electron chi connectivity index (χ0n) is 13.3.